The van der Waals surface area contributed by atoms with Gasteiger partial charge in [0.15, 0.2) is 11.5 Å². The second-order valence-electron chi connectivity index (χ2n) is 5.19. The minimum Gasteiger partial charge on any atom is -0.486 e. The van der Waals surface area contributed by atoms with Crippen LogP contribution in [-0.2, 0) is 4.79 Å². The number of para-hydroxylation sites is 1. The normalized spacial score (nSPS) is 21.1. The summed E-state index contributed by atoms with van der Waals surface area (Å²) in [5.74, 6) is 0.510. The van der Waals surface area contributed by atoms with Gasteiger partial charge in [-0.25, -0.2) is 0 Å². The summed E-state index contributed by atoms with van der Waals surface area (Å²) in [5, 5.41) is 2.97. The molecule has 0 spiro atoms. The van der Waals surface area contributed by atoms with Crippen molar-refractivity contribution < 1.29 is 27.4 Å². The van der Waals surface area contributed by atoms with Gasteiger partial charge in [0, 0.05) is 6.54 Å². The van der Waals surface area contributed by atoms with Crippen LogP contribution < -0.4 is 14.8 Å². The van der Waals surface area contributed by atoms with Crippen LogP contribution in [0.15, 0.2) is 18.2 Å². The molecule has 1 atom stereocenters. The first-order valence-corrected chi connectivity index (χ1v) is 6.95. The largest absolute Gasteiger partial charge is 0.486 e. The number of carbonyl (C=O) groups is 1. The molecule has 0 aliphatic carbocycles. The first-order valence-electron chi connectivity index (χ1n) is 6.95. The Labute approximate surface area is 125 Å². The fourth-order valence-corrected chi connectivity index (χ4v) is 2.62. The van der Waals surface area contributed by atoms with E-state index in [1.807, 2.05) is 0 Å². The molecule has 8 heteroatoms. The van der Waals surface area contributed by atoms with Crippen LogP contribution in [0.3, 0.4) is 0 Å². The highest BCUT2D eigenvalue weighted by Gasteiger charge is 2.39. The van der Waals surface area contributed by atoms with E-state index in [-0.39, 0.29) is 6.54 Å². The predicted octanol–water partition coefficient (Wildman–Crippen LogP) is 2.03. The molecule has 0 unspecified atom stereocenters. The number of nitrogens with one attached hydrogen (secondary N) is 1. The molecule has 0 aromatic heterocycles. The summed E-state index contributed by atoms with van der Waals surface area (Å²) in [7, 11) is 0. The molecule has 0 saturated carbocycles. The van der Waals surface area contributed by atoms with E-state index in [4.69, 9.17) is 9.47 Å². The number of benzene rings is 1. The lowest BCUT2D eigenvalue weighted by atomic mass is 10.2. The van der Waals surface area contributed by atoms with Crippen molar-refractivity contribution in [2.45, 2.75) is 18.6 Å². The Balaban J connectivity index is 1.71. The molecule has 1 fully saturated rings. The van der Waals surface area contributed by atoms with Crippen LogP contribution in [0.5, 0.6) is 11.5 Å². The minimum absolute atomic E-state index is 0.0857. The smallest absolute Gasteiger partial charge is 0.406 e. The first-order chi connectivity index (χ1) is 10.4. The van der Waals surface area contributed by atoms with Crippen molar-refractivity contribution in [2.75, 3.05) is 31.6 Å². The van der Waals surface area contributed by atoms with Gasteiger partial charge in [0.2, 0.25) is 5.91 Å². The predicted molar refractivity (Wildman–Crippen MR) is 72.1 cm³/mol. The number of rotatable bonds is 3. The molecule has 1 aromatic rings. The molecule has 1 N–H and O–H groups in total. The number of nitrogens with zero attached hydrogens (tertiary/aromatic N) is 1. The Hall–Kier alpha value is -2.12. The van der Waals surface area contributed by atoms with Gasteiger partial charge in [-0.2, -0.15) is 13.2 Å². The quantitative estimate of drug-likeness (QED) is 0.927. The number of alkyl halides is 3. The molecule has 0 radical (unpaired) electrons. The van der Waals surface area contributed by atoms with Gasteiger partial charge in [0.25, 0.3) is 0 Å². The minimum atomic E-state index is -4.38. The highest BCUT2D eigenvalue weighted by Crippen LogP contribution is 2.38. The van der Waals surface area contributed by atoms with Gasteiger partial charge in [-0.15, -0.1) is 0 Å². The number of fused-ring (bicyclic) bond motifs is 1. The monoisotopic (exact) mass is 316 g/mol. The lowest BCUT2D eigenvalue weighted by Crippen LogP contribution is -2.39. The van der Waals surface area contributed by atoms with E-state index >= 15 is 0 Å². The van der Waals surface area contributed by atoms with Crippen LogP contribution in [0.4, 0.5) is 18.9 Å². The van der Waals surface area contributed by atoms with Gasteiger partial charge in [0.1, 0.15) is 25.8 Å². The van der Waals surface area contributed by atoms with Gasteiger partial charge in [-0.05, 0) is 18.6 Å². The van der Waals surface area contributed by atoms with Crippen molar-refractivity contribution in [3.63, 3.8) is 0 Å². The number of halogens is 3. The maximum Gasteiger partial charge on any atom is 0.406 e. The fraction of sp³-hybridized carbons (Fsp3) is 0.500. The van der Waals surface area contributed by atoms with Crippen LogP contribution in [0.2, 0.25) is 0 Å². The van der Waals surface area contributed by atoms with E-state index in [0.29, 0.717) is 36.8 Å². The molecule has 1 saturated heterocycles. The average molecular weight is 316 g/mol. The van der Waals surface area contributed by atoms with E-state index in [2.05, 4.69) is 5.32 Å². The van der Waals surface area contributed by atoms with E-state index < -0.39 is 24.7 Å². The number of carbonyl (C=O) groups excluding carboxylic acids is 1. The second-order valence-corrected chi connectivity index (χ2v) is 5.19. The van der Waals surface area contributed by atoms with Crippen LogP contribution in [0.1, 0.15) is 6.42 Å². The summed E-state index contributed by atoms with van der Waals surface area (Å²) in [4.78, 5) is 12.9. The van der Waals surface area contributed by atoms with E-state index in [1.54, 1.807) is 18.2 Å². The van der Waals surface area contributed by atoms with Crippen molar-refractivity contribution in [3.05, 3.63) is 18.2 Å². The average Bonchev–Trinajstić information content (AvgIpc) is 2.79. The van der Waals surface area contributed by atoms with Crippen molar-refractivity contribution in [2.24, 2.45) is 0 Å². The van der Waals surface area contributed by atoms with Crippen molar-refractivity contribution in [1.29, 1.82) is 0 Å². The molecule has 2 heterocycles. The maximum absolute atomic E-state index is 12.4. The third kappa shape index (κ3) is 3.05. The van der Waals surface area contributed by atoms with E-state index in [1.165, 1.54) is 0 Å². The molecule has 0 bridgehead atoms. The number of hydrogen-bond donors (Lipinski definition) is 1. The van der Waals surface area contributed by atoms with Gasteiger partial charge in [-0.3, -0.25) is 4.79 Å². The Morgan fingerprint density at radius 3 is 2.82 bits per heavy atom. The summed E-state index contributed by atoms with van der Waals surface area (Å²) in [6.07, 6.45) is -4.06. The molecule has 2 aliphatic rings. The van der Waals surface area contributed by atoms with Gasteiger partial charge in [-0.1, -0.05) is 6.07 Å². The summed E-state index contributed by atoms with van der Waals surface area (Å²) in [6.45, 7) is -0.290. The Morgan fingerprint density at radius 2 is 2.05 bits per heavy atom. The van der Waals surface area contributed by atoms with E-state index in [9.17, 15) is 18.0 Å². The standard InChI is InChI=1S/C14H15F3N2O3/c15-14(16,17)8-19-5-4-10(13(19)20)18-9-2-1-3-11-12(9)22-7-6-21-11/h1-3,10,18H,4-8H2/t10-/m0/s1. The molecule has 1 aromatic carbocycles. The number of hydrogen-bond acceptors (Lipinski definition) is 4. The number of likely N-dealkylation sites (tertiary alicyclic amines) is 1. The molecular weight excluding hydrogens is 301 g/mol. The maximum atomic E-state index is 12.4. The van der Waals surface area contributed by atoms with Crippen LogP contribution in [0.25, 0.3) is 0 Å². The van der Waals surface area contributed by atoms with E-state index in [0.717, 1.165) is 4.90 Å². The van der Waals surface area contributed by atoms with Crippen LogP contribution in [0, 0.1) is 0 Å². The third-order valence-corrected chi connectivity index (χ3v) is 3.56. The Kier molecular flexibility index (Phi) is 3.76. The van der Waals surface area contributed by atoms with Crippen LogP contribution >= 0.6 is 0 Å². The summed E-state index contributed by atoms with van der Waals surface area (Å²) in [6, 6.07) is 4.52. The van der Waals surface area contributed by atoms with Crippen LogP contribution in [-0.4, -0.2) is 49.3 Å². The Bertz CT molecular complexity index is 577. The molecule has 2 aliphatic heterocycles. The van der Waals surface area contributed by atoms with Gasteiger partial charge in [0.05, 0.1) is 5.69 Å². The zero-order valence-corrected chi connectivity index (χ0v) is 11.7. The molecule has 22 heavy (non-hydrogen) atoms. The summed E-state index contributed by atoms with van der Waals surface area (Å²) >= 11 is 0. The van der Waals surface area contributed by atoms with Gasteiger partial charge >= 0.3 is 6.18 Å². The highest BCUT2D eigenvalue weighted by molar-refractivity contribution is 5.87. The van der Waals surface area contributed by atoms with Crippen molar-refractivity contribution in [1.82, 2.24) is 4.90 Å². The molecular formula is C14H15F3N2O3. The number of amides is 1. The molecule has 3 rings (SSSR count). The zero-order chi connectivity index (χ0) is 15.7. The number of ether oxygens (including phenoxy) is 2. The molecule has 120 valence electrons. The summed E-state index contributed by atoms with van der Waals surface area (Å²) < 4.78 is 48.2. The highest BCUT2D eigenvalue weighted by atomic mass is 19.4. The lowest BCUT2D eigenvalue weighted by Gasteiger charge is -2.23. The lowest BCUT2D eigenvalue weighted by molar-refractivity contribution is -0.157. The second kappa shape index (κ2) is 5.58. The van der Waals surface area contributed by atoms with Gasteiger partial charge < -0.3 is 19.7 Å². The van der Waals surface area contributed by atoms with Crippen molar-refractivity contribution in [3.8, 4) is 11.5 Å². The third-order valence-electron chi connectivity index (χ3n) is 3.56. The molecule has 1 amide bonds. The molecule has 5 nitrogen and oxygen atoms in total. The first kappa shape index (κ1) is 14.8. The topological polar surface area (TPSA) is 50.8 Å². The Morgan fingerprint density at radius 1 is 1.27 bits per heavy atom. The fourth-order valence-electron chi connectivity index (χ4n) is 2.62. The number of anilines is 1. The zero-order valence-electron chi connectivity index (χ0n) is 11.7. The summed E-state index contributed by atoms with van der Waals surface area (Å²) in [5.41, 5.74) is 0.560. The SMILES string of the molecule is O=C1[C@@H](Nc2cccc3c2OCCO3)CCN1CC(F)(F)F. The van der Waals surface area contributed by atoms with Crippen molar-refractivity contribution >= 4 is 11.6 Å².